The van der Waals surface area contributed by atoms with Gasteiger partial charge in [-0.3, -0.25) is 4.90 Å². The summed E-state index contributed by atoms with van der Waals surface area (Å²) < 4.78 is 6.00. The second-order valence-corrected chi connectivity index (χ2v) is 6.14. The summed E-state index contributed by atoms with van der Waals surface area (Å²) in [6.07, 6.45) is 5.19. The number of rotatable bonds is 5. The number of benzene rings is 1. The van der Waals surface area contributed by atoms with Crippen molar-refractivity contribution in [2.24, 2.45) is 5.92 Å². The lowest BCUT2D eigenvalue weighted by Gasteiger charge is -2.23. The topological polar surface area (TPSA) is 24.5 Å². The maximum absolute atomic E-state index is 6.00. The Bertz CT molecular complexity index is 409. The molecule has 2 saturated heterocycles. The number of hydrogen-bond acceptors (Lipinski definition) is 3. The Labute approximate surface area is 122 Å². The van der Waals surface area contributed by atoms with Crippen molar-refractivity contribution in [3.8, 4) is 5.75 Å². The summed E-state index contributed by atoms with van der Waals surface area (Å²) in [5.41, 5.74) is 1.38. The van der Waals surface area contributed by atoms with Crippen molar-refractivity contribution in [3.63, 3.8) is 0 Å². The summed E-state index contributed by atoms with van der Waals surface area (Å²) in [6, 6.07) is 8.66. The van der Waals surface area contributed by atoms with Crippen LogP contribution in [0, 0.1) is 5.92 Å². The second-order valence-electron chi connectivity index (χ2n) is 6.14. The van der Waals surface area contributed by atoms with E-state index in [2.05, 4.69) is 34.5 Å². The number of likely N-dealkylation sites (tertiary alicyclic amines) is 1. The molecule has 1 N–H and O–H groups in total. The minimum absolute atomic E-state index is 0.721. The van der Waals surface area contributed by atoms with E-state index in [1.165, 1.54) is 44.3 Å². The van der Waals surface area contributed by atoms with Crippen molar-refractivity contribution in [1.29, 1.82) is 0 Å². The summed E-state index contributed by atoms with van der Waals surface area (Å²) in [5, 5.41) is 3.40. The molecule has 110 valence electrons. The van der Waals surface area contributed by atoms with Crippen molar-refractivity contribution >= 4 is 0 Å². The fourth-order valence-electron chi connectivity index (χ4n) is 3.20. The SMILES string of the molecule is c1cc(CN2CCCC2)cc(OCC2CCNCC2)c1. The van der Waals surface area contributed by atoms with Gasteiger partial charge in [0.2, 0.25) is 0 Å². The van der Waals surface area contributed by atoms with Gasteiger partial charge in [0, 0.05) is 6.54 Å². The minimum atomic E-state index is 0.721. The van der Waals surface area contributed by atoms with E-state index < -0.39 is 0 Å². The van der Waals surface area contributed by atoms with E-state index in [4.69, 9.17) is 4.74 Å². The van der Waals surface area contributed by atoms with Crippen LogP contribution in [0.15, 0.2) is 24.3 Å². The minimum Gasteiger partial charge on any atom is -0.493 e. The Morgan fingerprint density at radius 1 is 1.15 bits per heavy atom. The summed E-state index contributed by atoms with van der Waals surface area (Å²) in [6.45, 7) is 6.73. The van der Waals surface area contributed by atoms with Gasteiger partial charge in [-0.05, 0) is 75.5 Å². The Morgan fingerprint density at radius 3 is 2.75 bits per heavy atom. The molecule has 2 fully saturated rings. The van der Waals surface area contributed by atoms with Gasteiger partial charge >= 0.3 is 0 Å². The number of ether oxygens (including phenoxy) is 1. The van der Waals surface area contributed by atoms with Gasteiger partial charge in [-0.25, -0.2) is 0 Å². The highest BCUT2D eigenvalue weighted by atomic mass is 16.5. The molecule has 0 bridgehead atoms. The number of nitrogens with zero attached hydrogens (tertiary/aromatic N) is 1. The van der Waals surface area contributed by atoms with Gasteiger partial charge in [-0.1, -0.05) is 12.1 Å². The summed E-state index contributed by atoms with van der Waals surface area (Å²) in [4.78, 5) is 2.53. The third kappa shape index (κ3) is 3.97. The zero-order valence-electron chi connectivity index (χ0n) is 12.3. The average molecular weight is 274 g/mol. The van der Waals surface area contributed by atoms with E-state index >= 15 is 0 Å². The van der Waals surface area contributed by atoms with Crippen molar-refractivity contribution in [2.45, 2.75) is 32.2 Å². The Kier molecular flexibility index (Phi) is 4.93. The molecule has 0 atom stereocenters. The van der Waals surface area contributed by atoms with Crippen LogP contribution < -0.4 is 10.1 Å². The molecular weight excluding hydrogens is 248 g/mol. The van der Waals surface area contributed by atoms with E-state index in [9.17, 15) is 0 Å². The fourth-order valence-corrected chi connectivity index (χ4v) is 3.20. The van der Waals surface area contributed by atoms with E-state index in [0.717, 1.165) is 37.9 Å². The molecular formula is C17H26N2O. The Balaban J connectivity index is 1.50. The first kappa shape index (κ1) is 13.9. The van der Waals surface area contributed by atoms with Gasteiger partial charge in [0.15, 0.2) is 0 Å². The maximum atomic E-state index is 6.00. The highest BCUT2D eigenvalue weighted by molar-refractivity contribution is 5.28. The maximum Gasteiger partial charge on any atom is 0.119 e. The standard InChI is InChI=1S/C17H26N2O/c1-2-11-19(10-1)13-16-4-3-5-17(12-16)20-14-15-6-8-18-9-7-15/h3-5,12,15,18H,1-2,6-11,13-14H2. The second kappa shape index (κ2) is 7.09. The zero-order chi connectivity index (χ0) is 13.6. The Morgan fingerprint density at radius 2 is 1.95 bits per heavy atom. The van der Waals surface area contributed by atoms with Gasteiger partial charge in [0.25, 0.3) is 0 Å². The normalized spacial score (nSPS) is 21.2. The van der Waals surface area contributed by atoms with Crippen LogP contribution in [-0.4, -0.2) is 37.7 Å². The molecule has 3 nitrogen and oxygen atoms in total. The number of nitrogens with one attached hydrogen (secondary N) is 1. The van der Waals surface area contributed by atoms with Crippen LogP contribution >= 0.6 is 0 Å². The van der Waals surface area contributed by atoms with Crippen molar-refractivity contribution in [3.05, 3.63) is 29.8 Å². The van der Waals surface area contributed by atoms with Gasteiger partial charge in [-0.2, -0.15) is 0 Å². The molecule has 1 aromatic rings. The van der Waals surface area contributed by atoms with E-state index in [1.54, 1.807) is 0 Å². The van der Waals surface area contributed by atoms with Crippen molar-refractivity contribution in [2.75, 3.05) is 32.8 Å². The quantitative estimate of drug-likeness (QED) is 0.893. The van der Waals surface area contributed by atoms with Crippen LogP contribution in [0.25, 0.3) is 0 Å². The molecule has 0 radical (unpaired) electrons. The van der Waals surface area contributed by atoms with Gasteiger partial charge < -0.3 is 10.1 Å². The molecule has 2 heterocycles. The highest BCUT2D eigenvalue weighted by Gasteiger charge is 2.14. The molecule has 0 aliphatic carbocycles. The van der Waals surface area contributed by atoms with E-state index in [1.807, 2.05) is 0 Å². The van der Waals surface area contributed by atoms with Crippen molar-refractivity contribution < 1.29 is 4.74 Å². The predicted octanol–water partition coefficient (Wildman–Crippen LogP) is 2.66. The highest BCUT2D eigenvalue weighted by Crippen LogP contribution is 2.19. The number of hydrogen-bond donors (Lipinski definition) is 1. The molecule has 0 spiro atoms. The first-order chi connectivity index (χ1) is 9.90. The Hall–Kier alpha value is -1.06. The average Bonchev–Trinajstić information content (AvgIpc) is 3.00. The first-order valence-electron chi connectivity index (χ1n) is 8.05. The monoisotopic (exact) mass is 274 g/mol. The lowest BCUT2D eigenvalue weighted by atomic mass is 9.99. The first-order valence-corrected chi connectivity index (χ1v) is 8.05. The zero-order valence-corrected chi connectivity index (χ0v) is 12.3. The third-order valence-corrected chi connectivity index (χ3v) is 4.45. The molecule has 3 heteroatoms. The molecule has 0 amide bonds. The van der Waals surface area contributed by atoms with Gasteiger partial charge in [0.1, 0.15) is 5.75 Å². The molecule has 0 aromatic heterocycles. The fraction of sp³-hybridized carbons (Fsp3) is 0.647. The third-order valence-electron chi connectivity index (χ3n) is 4.45. The molecule has 2 aliphatic heterocycles. The van der Waals surface area contributed by atoms with Crippen LogP contribution in [0.4, 0.5) is 0 Å². The summed E-state index contributed by atoms with van der Waals surface area (Å²) in [5.74, 6) is 1.76. The van der Waals surface area contributed by atoms with E-state index in [0.29, 0.717) is 0 Å². The number of piperidine rings is 1. The van der Waals surface area contributed by atoms with Gasteiger partial charge in [-0.15, -0.1) is 0 Å². The van der Waals surface area contributed by atoms with Crippen LogP contribution in [0.1, 0.15) is 31.2 Å². The lowest BCUT2D eigenvalue weighted by molar-refractivity contribution is 0.215. The lowest BCUT2D eigenvalue weighted by Crippen LogP contribution is -2.30. The smallest absolute Gasteiger partial charge is 0.119 e. The van der Waals surface area contributed by atoms with E-state index in [-0.39, 0.29) is 0 Å². The summed E-state index contributed by atoms with van der Waals surface area (Å²) in [7, 11) is 0. The predicted molar refractivity (Wildman–Crippen MR) is 82.0 cm³/mol. The van der Waals surface area contributed by atoms with Crippen molar-refractivity contribution in [1.82, 2.24) is 10.2 Å². The van der Waals surface area contributed by atoms with Crippen LogP contribution in [0.2, 0.25) is 0 Å². The van der Waals surface area contributed by atoms with Crippen LogP contribution in [-0.2, 0) is 6.54 Å². The molecule has 3 rings (SSSR count). The molecule has 1 aromatic carbocycles. The van der Waals surface area contributed by atoms with Gasteiger partial charge in [0.05, 0.1) is 6.61 Å². The van der Waals surface area contributed by atoms with Crippen LogP contribution in [0.5, 0.6) is 5.75 Å². The molecule has 0 saturated carbocycles. The summed E-state index contributed by atoms with van der Waals surface area (Å²) >= 11 is 0. The molecule has 20 heavy (non-hydrogen) atoms. The largest absolute Gasteiger partial charge is 0.493 e. The molecule has 2 aliphatic rings. The molecule has 0 unspecified atom stereocenters. The van der Waals surface area contributed by atoms with Crippen LogP contribution in [0.3, 0.4) is 0 Å².